The highest BCUT2D eigenvalue weighted by Crippen LogP contribution is 2.31. The first-order chi connectivity index (χ1) is 8.11. The van der Waals surface area contributed by atoms with E-state index in [4.69, 9.17) is 11.5 Å². The molecule has 0 spiro atoms. The second-order valence-electron chi connectivity index (χ2n) is 3.91. The smallest absolute Gasteiger partial charge is 0.162 e. The molecule has 3 nitrogen and oxygen atoms in total. The highest BCUT2D eigenvalue weighted by atomic mass is 16.1. The second kappa shape index (κ2) is 4.29. The standard InChI is InChI=1S/C14H14N2O/c1-9(17)14-11(6-4-8-13(14)16)10-5-2-3-7-12(10)15/h2-8H,15-16H2,1H3. The number of rotatable bonds is 2. The number of carbonyl (C=O) groups is 1. The summed E-state index contributed by atoms with van der Waals surface area (Å²) in [6.45, 7) is 1.51. The molecule has 0 amide bonds. The third kappa shape index (κ3) is 1.99. The van der Waals surface area contributed by atoms with Gasteiger partial charge in [-0.3, -0.25) is 4.79 Å². The lowest BCUT2D eigenvalue weighted by atomic mass is 9.95. The molecule has 4 N–H and O–H groups in total. The van der Waals surface area contributed by atoms with E-state index in [1.807, 2.05) is 36.4 Å². The normalized spacial score (nSPS) is 10.2. The molecular formula is C14H14N2O. The molecular weight excluding hydrogens is 212 g/mol. The number of para-hydroxylation sites is 1. The van der Waals surface area contributed by atoms with Crippen LogP contribution in [-0.4, -0.2) is 5.78 Å². The fraction of sp³-hybridized carbons (Fsp3) is 0.0714. The summed E-state index contributed by atoms with van der Waals surface area (Å²) in [5, 5.41) is 0. The van der Waals surface area contributed by atoms with Crippen LogP contribution >= 0.6 is 0 Å². The third-order valence-electron chi connectivity index (χ3n) is 2.70. The summed E-state index contributed by atoms with van der Waals surface area (Å²) in [6, 6.07) is 12.8. The number of anilines is 2. The van der Waals surface area contributed by atoms with Crippen LogP contribution in [0.25, 0.3) is 11.1 Å². The van der Waals surface area contributed by atoms with Crippen LogP contribution in [0.1, 0.15) is 17.3 Å². The number of nitrogen functional groups attached to an aromatic ring is 2. The number of Topliss-reactive ketones (excluding diaryl/α,β-unsaturated/α-hetero) is 1. The van der Waals surface area contributed by atoms with Gasteiger partial charge in [0.05, 0.1) is 0 Å². The summed E-state index contributed by atoms with van der Waals surface area (Å²) in [5.41, 5.74) is 15.0. The van der Waals surface area contributed by atoms with Crippen molar-refractivity contribution in [3.05, 3.63) is 48.0 Å². The Balaban J connectivity index is 2.72. The summed E-state index contributed by atoms with van der Waals surface area (Å²) in [4.78, 5) is 11.7. The monoisotopic (exact) mass is 226 g/mol. The Hall–Kier alpha value is -2.29. The van der Waals surface area contributed by atoms with Gasteiger partial charge in [-0.25, -0.2) is 0 Å². The van der Waals surface area contributed by atoms with Crippen molar-refractivity contribution in [3.63, 3.8) is 0 Å². The maximum Gasteiger partial charge on any atom is 0.162 e. The van der Waals surface area contributed by atoms with E-state index in [-0.39, 0.29) is 5.78 Å². The van der Waals surface area contributed by atoms with Gasteiger partial charge in [0.25, 0.3) is 0 Å². The number of nitrogens with two attached hydrogens (primary N) is 2. The van der Waals surface area contributed by atoms with Gasteiger partial charge in [0.15, 0.2) is 5.78 Å². The van der Waals surface area contributed by atoms with Crippen LogP contribution < -0.4 is 11.5 Å². The first-order valence-electron chi connectivity index (χ1n) is 5.35. The number of benzene rings is 2. The van der Waals surface area contributed by atoms with Crippen molar-refractivity contribution in [2.75, 3.05) is 11.5 Å². The molecule has 2 aromatic carbocycles. The largest absolute Gasteiger partial charge is 0.398 e. The lowest BCUT2D eigenvalue weighted by Gasteiger charge is -2.11. The Bertz CT molecular complexity index is 576. The van der Waals surface area contributed by atoms with Crippen LogP contribution in [0.4, 0.5) is 11.4 Å². The molecule has 17 heavy (non-hydrogen) atoms. The zero-order valence-electron chi connectivity index (χ0n) is 9.60. The Kier molecular flexibility index (Phi) is 2.83. The highest BCUT2D eigenvalue weighted by Gasteiger charge is 2.13. The van der Waals surface area contributed by atoms with Gasteiger partial charge in [0, 0.05) is 22.5 Å². The van der Waals surface area contributed by atoms with E-state index in [0.29, 0.717) is 16.9 Å². The number of carbonyl (C=O) groups excluding carboxylic acids is 1. The molecule has 0 fully saturated rings. The van der Waals surface area contributed by atoms with E-state index in [0.717, 1.165) is 11.1 Å². The van der Waals surface area contributed by atoms with Crippen molar-refractivity contribution in [2.24, 2.45) is 0 Å². The molecule has 86 valence electrons. The van der Waals surface area contributed by atoms with Gasteiger partial charge >= 0.3 is 0 Å². The molecule has 0 unspecified atom stereocenters. The average Bonchev–Trinajstić information content (AvgIpc) is 2.28. The molecule has 0 heterocycles. The van der Waals surface area contributed by atoms with Crippen molar-refractivity contribution in [1.29, 1.82) is 0 Å². The predicted octanol–water partition coefficient (Wildman–Crippen LogP) is 2.72. The van der Waals surface area contributed by atoms with Gasteiger partial charge in [-0.15, -0.1) is 0 Å². The van der Waals surface area contributed by atoms with E-state index < -0.39 is 0 Å². The van der Waals surface area contributed by atoms with Crippen molar-refractivity contribution in [1.82, 2.24) is 0 Å². The van der Waals surface area contributed by atoms with Crippen LogP contribution in [-0.2, 0) is 0 Å². The SMILES string of the molecule is CC(=O)c1c(N)cccc1-c1ccccc1N. The molecule has 2 aromatic rings. The summed E-state index contributed by atoms with van der Waals surface area (Å²) in [7, 11) is 0. The fourth-order valence-corrected chi connectivity index (χ4v) is 1.93. The molecule has 0 saturated carbocycles. The van der Waals surface area contributed by atoms with E-state index in [2.05, 4.69) is 0 Å². The van der Waals surface area contributed by atoms with Crippen molar-refractivity contribution in [2.45, 2.75) is 6.92 Å². The first kappa shape index (κ1) is 11.2. The van der Waals surface area contributed by atoms with E-state index in [1.165, 1.54) is 6.92 Å². The van der Waals surface area contributed by atoms with Gasteiger partial charge in [-0.2, -0.15) is 0 Å². The fourth-order valence-electron chi connectivity index (χ4n) is 1.93. The Labute approximate surface area is 100 Å². The molecule has 0 aliphatic rings. The van der Waals surface area contributed by atoms with Crippen LogP contribution in [0.2, 0.25) is 0 Å². The van der Waals surface area contributed by atoms with Crippen molar-refractivity contribution in [3.8, 4) is 11.1 Å². The number of ketones is 1. The Morgan fingerprint density at radius 2 is 1.47 bits per heavy atom. The maximum atomic E-state index is 11.7. The van der Waals surface area contributed by atoms with Gasteiger partial charge in [0.2, 0.25) is 0 Å². The molecule has 0 saturated heterocycles. The van der Waals surface area contributed by atoms with Crippen LogP contribution in [0, 0.1) is 0 Å². The molecule has 0 atom stereocenters. The van der Waals surface area contributed by atoms with E-state index >= 15 is 0 Å². The molecule has 0 bridgehead atoms. The predicted molar refractivity (Wildman–Crippen MR) is 70.7 cm³/mol. The van der Waals surface area contributed by atoms with Crippen molar-refractivity contribution >= 4 is 17.2 Å². The van der Waals surface area contributed by atoms with Crippen LogP contribution in [0.15, 0.2) is 42.5 Å². The second-order valence-corrected chi connectivity index (χ2v) is 3.91. The molecule has 3 heteroatoms. The third-order valence-corrected chi connectivity index (χ3v) is 2.70. The zero-order valence-corrected chi connectivity index (χ0v) is 9.60. The lowest BCUT2D eigenvalue weighted by molar-refractivity contribution is 0.101. The molecule has 2 rings (SSSR count). The number of hydrogen-bond acceptors (Lipinski definition) is 3. The van der Waals surface area contributed by atoms with E-state index in [9.17, 15) is 4.79 Å². The average molecular weight is 226 g/mol. The zero-order chi connectivity index (χ0) is 12.4. The number of hydrogen-bond donors (Lipinski definition) is 2. The molecule has 0 aliphatic carbocycles. The van der Waals surface area contributed by atoms with Gasteiger partial charge in [-0.1, -0.05) is 30.3 Å². The topological polar surface area (TPSA) is 69.1 Å². The van der Waals surface area contributed by atoms with Crippen LogP contribution in [0.3, 0.4) is 0 Å². The van der Waals surface area contributed by atoms with E-state index in [1.54, 1.807) is 6.07 Å². The summed E-state index contributed by atoms with van der Waals surface area (Å²) < 4.78 is 0. The molecule has 0 aliphatic heterocycles. The summed E-state index contributed by atoms with van der Waals surface area (Å²) >= 11 is 0. The minimum Gasteiger partial charge on any atom is -0.398 e. The molecule has 0 radical (unpaired) electrons. The molecule has 0 aromatic heterocycles. The van der Waals surface area contributed by atoms with Gasteiger partial charge in [-0.05, 0) is 24.6 Å². The quantitative estimate of drug-likeness (QED) is 0.611. The van der Waals surface area contributed by atoms with Gasteiger partial charge < -0.3 is 11.5 Å². The first-order valence-corrected chi connectivity index (χ1v) is 5.35. The Morgan fingerprint density at radius 1 is 0.882 bits per heavy atom. The highest BCUT2D eigenvalue weighted by molar-refractivity contribution is 6.06. The van der Waals surface area contributed by atoms with Gasteiger partial charge in [0.1, 0.15) is 0 Å². The summed E-state index contributed by atoms with van der Waals surface area (Å²) in [5.74, 6) is -0.0543. The maximum absolute atomic E-state index is 11.7. The Morgan fingerprint density at radius 3 is 2.12 bits per heavy atom. The summed E-state index contributed by atoms with van der Waals surface area (Å²) in [6.07, 6.45) is 0. The minimum absolute atomic E-state index is 0.0543. The van der Waals surface area contributed by atoms with Crippen LogP contribution in [0.5, 0.6) is 0 Å². The van der Waals surface area contributed by atoms with Crippen molar-refractivity contribution < 1.29 is 4.79 Å². The minimum atomic E-state index is -0.0543. The lowest BCUT2D eigenvalue weighted by Crippen LogP contribution is -2.03.